The molecule has 3 heterocycles. The molecule has 1 aliphatic rings. The Bertz CT molecular complexity index is 1750. The number of aromatic nitrogens is 2. The lowest BCUT2D eigenvalue weighted by Crippen LogP contribution is -2.12. The highest BCUT2D eigenvalue weighted by molar-refractivity contribution is 8.00. The van der Waals surface area contributed by atoms with E-state index in [0.717, 1.165) is 27.5 Å². The van der Waals surface area contributed by atoms with Crippen LogP contribution in [0.2, 0.25) is 0 Å². The second kappa shape index (κ2) is 10.1. The van der Waals surface area contributed by atoms with Crippen molar-refractivity contribution >= 4 is 61.7 Å². The van der Waals surface area contributed by atoms with Crippen molar-refractivity contribution in [2.75, 3.05) is 5.73 Å². The van der Waals surface area contributed by atoms with Crippen molar-refractivity contribution in [3.8, 4) is 0 Å². The highest BCUT2D eigenvalue weighted by Crippen LogP contribution is 2.55. The molecule has 0 saturated heterocycles. The summed E-state index contributed by atoms with van der Waals surface area (Å²) in [5.74, 6) is 1.40. The van der Waals surface area contributed by atoms with Crippen LogP contribution in [0.1, 0.15) is 37.6 Å². The number of fused-ring (bicyclic) bond motifs is 4. The van der Waals surface area contributed by atoms with Crippen LogP contribution in [-0.2, 0) is 12.2 Å². The Morgan fingerprint density at radius 1 is 0.789 bits per heavy atom. The van der Waals surface area contributed by atoms with Crippen LogP contribution < -0.4 is 5.73 Å². The van der Waals surface area contributed by atoms with Crippen LogP contribution in [0.25, 0.3) is 21.0 Å². The number of hydrogen-bond donors (Lipinski definition) is 1. The molecule has 0 saturated carbocycles. The Morgan fingerprint density at radius 3 is 2.29 bits per heavy atom. The summed E-state index contributed by atoms with van der Waals surface area (Å²) in [6, 6.07) is 36.7. The maximum Gasteiger partial charge on any atom is 0.191 e. The van der Waals surface area contributed by atoms with Crippen LogP contribution in [0.4, 0.5) is 5.82 Å². The molecular formula is C32H25N3S3. The fourth-order valence-electron chi connectivity index (χ4n) is 5.22. The summed E-state index contributed by atoms with van der Waals surface area (Å²) in [5.41, 5.74) is 11.9. The highest BCUT2D eigenvalue weighted by Gasteiger charge is 2.34. The van der Waals surface area contributed by atoms with E-state index in [-0.39, 0.29) is 5.25 Å². The predicted molar refractivity (Wildman–Crippen MR) is 164 cm³/mol. The number of nitrogen functional groups attached to an aromatic ring is 1. The summed E-state index contributed by atoms with van der Waals surface area (Å²) in [7, 11) is 0. The second-order valence-corrected chi connectivity index (χ2v) is 12.8. The number of anilines is 1. The molecule has 3 nitrogen and oxygen atoms in total. The van der Waals surface area contributed by atoms with E-state index in [1.54, 1.807) is 23.1 Å². The molecule has 1 aliphatic heterocycles. The molecule has 4 aromatic carbocycles. The molecule has 6 heteroatoms. The third-order valence-corrected chi connectivity index (χ3v) is 10.9. The van der Waals surface area contributed by atoms with Crippen molar-refractivity contribution in [3.63, 3.8) is 0 Å². The van der Waals surface area contributed by atoms with Gasteiger partial charge in [-0.1, -0.05) is 115 Å². The summed E-state index contributed by atoms with van der Waals surface area (Å²) in [6.45, 7) is 0. The first-order chi connectivity index (χ1) is 18.7. The zero-order valence-electron chi connectivity index (χ0n) is 20.6. The number of thioether (sulfide) groups is 2. The summed E-state index contributed by atoms with van der Waals surface area (Å²) in [4.78, 5) is 12.2. The van der Waals surface area contributed by atoms with Crippen molar-refractivity contribution in [1.29, 1.82) is 0 Å². The van der Waals surface area contributed by atoms with E-state index in [1.165, 1.54) is 37.9 Å². The Kier molecular flexibility index (Phi) is 6.32. The van der Waals surface area contributed by atoms with Crippen molar-refractivity contribution in [3.05, 3.63) is 130 Å². The van der Waals surface area contributed by atoms with E-state index in [4.69, 9.17) is 15.7 Å². The van der Waals surface area contributed by atoms with Gasteiger partial charge in [0.25, 0.3) is 0 Å². The van der Waals surface area contributed by atoms with Crippen LogP contribution in [0.5, 0.6) is 0 Å². The van der Waals surface area contributed by atoms with E-state index in [1.807, 2.05) is 11.8 Å². The minimum Gasteiger partial charge on any atom is -0.383 e. The zero-order valence-corrected chi connectivity index (χ0v) is 23.0. The molecule has 0 unspecified atom stereocenters. The quantitative estimate of drug-likeness (QED) is 0.173. The normalized spacial score (nSPS) is 17.1. The van der Waals surface area contributed by atoms with E-state index in [2.05, 4.69) is 103 Å². The molecule has 0 amide bonds. The van der Waals surface area contributed by atoms with Gasteiger partial charge < -0.3 is 5.73 Å². The van der Waals surface area contributed by atoms with Crippen molar-refractivity contribution in [1.82, 2.24) is 9.97 Å². The molecule has 2 N–H and O–H groups in total. The van der Waals surface area contributed by atoms with Gasteiger partial charge in [-0.3, -0.25) is 0 Å². The predicted octanol–water partition coefficient (Wildman–Crippen LogP) is 8.84. The maximum absolute atomic E-state index is 6.67. The van der Waals surface area contributed by atoms with Crippen LogP contribution in [0, 0.1) is 0 Å². The molecular weight excluding hydrogens is 523 g/mol. The standard InChI is InChI=1S/C32H25N3S3/c33-30-27-25-18-26(22-10-3-1-4-11-22)37-28(23-12-5-2-6-13-23)29(25)38-31(27)35-32(34-30)36-19-20-15-16-21-9-7-8-14-24(21)17-20/h1-17,26,28H,18-19H2,(H2,33,34,35)/t26-,28+/m1/s1. The van der Waals surface area contributed by atoms with Crippen molar-refractivity contribution in [2.45, 2.75) is 27.8 Å². The van der Waals surface area contributed by atoms with Gasteiger partial charge in [-0.05, 0) is 39.4 Å². The third-order valence-electron chi connectivity index (χ3n) is 7.07. The molecule has 0 radical (unpaired) electrons. The average molecular weight is 548 g/mol. The number of nitrogens with zero attached hydrogens (tertiary/aromatic N) is 2. The number of nitrogens with two attached hydrogens (primary N) is 1. The molecule has 0 fully saturated rings. The molecule has 7 rings (SSSR count). The first kappa shape index (κ1) is 23.8. The Balaban J connectivity index is 1.25. The molecule has 0 spiro atoms. The smallest absolute Gasteiger partial charge is 0.191 e. The number of benzene rings is 4. The van der Waals surface area contributed by atoms with Gasteiger partial charge in [0.1, 0.15) is 10.6 Å². The van der Waals surface area contributed by atoms with Crippen molar-refractivity contribution in [2.24, 2.45) is 0 Å². The topological polar surface area (TPSA) is 51.8 Å². The third kappa shape index (κ3) is 4.47. The van der Waals surface area contributed by atoms with Crippen LogP contribution in [-0.4, -0.2) is 9.97 Å². The van der Waals surface area contributed by atoms with Crippen molar-refractivity contribution < 1.29 is 0 Å². The number of rotatable bonds is 5. The van der Waals surface area contributed by atoms with E-state index < -0.39 is 0 Å². The molecule has 186 valence electrons. The highest BCUT2D eigenvalue weighted by atomic mass is 32.2. The van der Waals surface area contributed by atoms with E-state index in [9.17, 15) is 0 Å². The molecule has 2 aromatic heterocycles. The number of thiophene rings is 1. The summed E-state index contributed by atoms with van der Waals surface area (Å²) >= 11 is 5.47. The monoisotopic (exact) mass is 547 g/mol. The van der Waals surface area contributed by atoms with Gasteiger partial charge in [0, 0.05) is 15.9 Å². The lowest BCUT2D eigenvalue weighted by molar-refractivity contribution is 0.893. The summed E-state index contributed by atoms with van der Waals surface area (Å²) < 4.78 is 0. The molecule has 38 heavy (non-hydrogen) atoms. The maximum atomic E-state index is 6.67. The Labute approximate surface area is 234 Å². The van der Waals surface area contributed by atoms with Gasteiger partial charge in [0.2, 0.25) is 0 Å². The summed E-state index contributed by atoms with van der Waals surface area (Å²) in [5, 5.41) is 4.90. The van der Waals surface area contributed by atoms with Gasteiger partial charge in [-0.2, -0.15) is 0 Å². The lowest BCUT2D eigenvalue weighted by atomic mass is 9.98. The molecule has 6 aromatic rings. The van der Waals surface area contributed by atoms with E-state index >= 15 is 0 Å². The van der Waals surface area contributed by atoms with Gasteiger partial charge in [0.15, 0.2) is 5.16 Å². The van der Waals surface area contributed by atoms with Crippen LogP contribution >= 0.6 is 34.9 Å². The van der Waals surface area contributed by atoms with E-state index in [0.29, 0.717) is 11.1 Å². The van der Waals surface area contributed by atoms with Crippen LogP contribution in [0.15, 0.2) is 108 Å². The second-order valence-electron chi connectivity index (χ2n) is 9.52. The lowest BCUT2D eigenvalue weighted by Gasteiger charge is -2.30. The average Bonchev–Trinajstić information content (AvgIpc) is 3.35. The van der Waals surface area contributed by atoms with Gasteiger partial charge in [-0.25, -0.2) is 9.97 Å². The van der Waals surface area contributed by atoms with Crippen LogP contribution in [0.3, 0.4) is 0 Å². The largest absolute Gasteiger partial charge is 0.383 e. The Hall–Kier alpha value is -3.32. The number of hydrogen-bond acceptors (Lipinski definition) is 6. The first-order valence-electron chi connectivity index (χ1n) is 12.7. The fraction of sp³-hybridized carbons (Fsp3) is 0.125. The fourth-order valence-corrected chi connectivity index (χ4v) is 9.09. The minimum absolute atomic E-state index is 0.248. The molecule has 0 bridgehead atoms. The first-order valence-corrected chi connectivity index (χ1v) is 15.4. The van der Waals surface area contributed by atoms with Gasteiger partial charge in [0.05, 0.1) is 10.6 Å². The summed E-state index contributed by atoms with van der Waals surface area (Å²) in [6.07, 6.45) is 0.935. The minimum atomic E-state index is 0.248. The molecule has 2 atom stereocenters. The zero-order chi connectivity index (χ0) is 25.5. The van der Waals surface area contributed by atoms with Gasteiger partial charge >= 0.3 is 0 Å². The SMILES string of the molecule is Nc1nc(SCc2ccc3ccccc3c2)nc2sc3c(c12)C[C@H](c1ccccc1)S[C@H]3c1ccccc1. The van der Waals surface area contributed by atoms with Gasteiger partial charge in [-0.15, -0.1) is 23.1 Å². The Morgan fingerprint density at radius 2 is 1.50 bits per heavy atom. The molecule has 0 aliphatic carbocycles.